The molecule has 0 fully saturated rings. The topological polar surface area (TPSA) is 52.6 Å². The molecular formula is C23H40BrF3O4. The van der Waals surface area contributed by atoms with Crippen LogP contribution in [0.15, 0.2) is 0 Å². The van der Waals surface area contributed by atoms with Gasteiger partial charge in [-0.15, -0.1) is 0 Å². The molecule has 0 spiro atoms. The van der Waals surface area contributed by atoms with Gasteiger partial charge >= 0.3 is 18.1 Å². The van der Waals surface area contributed by atoms with Crippen LogP contribution >= 0.6 is 15.9 Å². The Balaban J connectivity index is 4.29. The fourth-order valence-electron chi connectivity index (χ4n) is 3.41. The standard InChI is InChI=1S/C23H40BrF3O4/c1-4-7-8-9-10-11-12-13-14-15-16-17-30-20(28)22(5-2,6-3)21(29)31-19(18-24)23(25,26)27/h19H,4-18H2,1-3H3. The highest BCUT2D eigenvalue weighted by Crippen LogP contribution is 2.33. The lowest BCUT2D eigenvalue weighted by molar-refractivity contribution is -0.222. The van der Waals surface area contributed by atoms with E-state index in [2.05, 4.69) is 27.6 Å². The van der Waals surface area contributed by atoms with Crippen LogP contribution in [0.25, 0.3) is 0 Å². The molecule has 184 valence electrons. The minimum Gasteiger partial charge on any atom is -0.465 e. The largest absolute Gasteiger partial charge is 0.465 e. The van der Waals surface area contributed by atoms with Gasteiger partial charge in [0.15, 0.2) is 5.41 Å². The van der Waals surface area contributed by atoms with Crippen LogP contribution in [0.4, 0.5) is 13.2 Å². The second-order valence-electron chi connectivity index (χ2n) is 8.05. The Morgan fingerprint density at radius 2 is 1.23 bits per heavy atom. The summed E-state index contributed by atoms with van der Waals surface area (Å²) in [6, 6.07) is 0. The molecule has 0 aromatic carbocycles. The van der Waals surface area contributed by atoms with Gasteiger partial charge < -0.3 is 9.47 Å². The zero-order valence-electron chi connectivity index (χ0n) is 19.3. The lowest BCUT2D eigenvalue weighted by Crippen LogP contribution is -2.45. The van der Waals surface area contributed by atoms with Crippen LogP contribution < -0.4 is 0 Å². The van der Waals surface area contributed by atoms with E-state index in [1.54, 1.807) is 13.8 Å². The molecule has 0 aliphatic carbocycles. The van der Waals surface area contributed by atoms with Crippen LogP contribution in [-0.2, 0) is 19.1 Å². The molecule has 31 heavy (non-hydrogen) atoms. The highest BCUT2D eigenvalue weighted by Gasteiger charge is 2.50. The van der Waals surface area contributed by atoms with Gasteiger partial charge in [-0.1, -0.05) is 101 Å². The first kappa shape index (κ1) is 30.2. The minimum atomic E-state index is -4.70. The predicted molar refractivity (Wildman–Crippen MR) is 120 cm³/mol. The molecule has 0 bridgehead atoms. The van der Waals surface area contributed by atoms with Gasteiger partial charge in [-0.05, 0) is 19.3 Å². The fraction of sp³-hybridized carbons (Fsp3) is 0.913. The summed E-state index contributed by atoms with van der Waals surface area (Å²) in [7, 11) is 0. The number of halogens is 4. The third kappa shape index (κ3) is 11.6. The molecule has 0 aliphatic rings. The van der Waals surface area contributed by atoms with E-state index in [0.717, 1.165) is 19.3 Å². The molecular weight excluding hydrogens is 477 g/mol. The van der Waals surface area contributed by atoms with E-state index in [-0.39, 0.29) is 19.4 Å². The van der Waals surface area contributed by atoms with Gasteiger partial charge in [-0.3, -0.25) is 9.59 Å². The van der Waals surface area contributed by atoms with Crippen LogP contribution in [-0.4, -0.2) is 36.2 Å². The Kier molecular flexibility index (Phi) is 16.4. The maximum absolute atomic E-state index is 12.9. The molecule has 0 saturated carbocycles. The molecule has 0 radical (unpaired) electrons. The number of esters is 2. The van der Waals surface area contributed by atoms with Crippen molar-refractivity contribution in [3.63, 3.8) is 0 Å². The van der Waals surface area contributed by atoms with E-state index in [0.29, 0.717) is 6.42 Å². The SMILES string of the molecule is CCCCCCCCCCCCCOC(=O)C(CC)(CC)C(=O)OC(CBr)C(F)(F)F. The molecule has 0 N–H and O–H groups in total. The van der Waals surface area contributed by atoms with Gasteiger partial charge in [0.05, 0.1) is 6.61 Å². The molecule has 0 heterocycles. The van der Waals surface area contributed by atoms with Crippen molar-refractivity contribution >= 4 is 27.9 Å². The van der Waals surface area contributed by atoms with Crippen LogP contribution in [0.2, 0.25) is 0 Å². The van der Waals surface area contributed by atoms with Gasteiger partial charge in [-0.2, -0.15) is 13.2 Å². The number of carbonyl (C=O) groups is 2. The molecule has 8 heteroatoms. The molecule has 1 unspecified atom stereocenters. The third-order valence-corrected chi connectivity index (χ3v) is 6.31. The molecule has 1 atom stereocenters. The number of hydrogen-bond acceptors (Lipinski definition) is 4. The molecule has 0 aliphatic heterocycles. The van der Waals surface area contributed by atoms with E-state index < -0.39 is 35.0 Å². The molecule has 0 aromatic heterocycles. The molecule has 4 nitrogen and oxygen atoms in total. The first-order valence-electron chi connectivity index (χ1n) is 11.7. The van der Waals surface area contributed by atoms with Crippen molar-refractivity contribution in [3.8, 4) is 0 Å². The smallest absolute Gasteiger partial charge is 0.426 e. The Bertz CT molecular complexity index is 494. The average Bonchev–Trinajstić information content (AvgIpc) is 2.73. The van der Waals surface area contributed by atoms with Crippen molar-refractivity contribution in [2.75, 3.05) is 11.9 Å². The lowest BCUT2D eigenvalue weighted by Gasteiger charge is -2.29. The average molecular weight is 517 g/mol. The summed E-state index contributed by atoms with van der Waals surface area (Å²) in [5.74, 6) is -1.98. The van der Waals surface area contributed by atoms with E-state index in [1.165, 1.54) is 44.9 Å². The van der Waals surface area contributed by atoms with Crippen LogP contribution in [0.5, 0.6) is 0 Å². The summed E-state index contributed by atoms with van der Waals surface area (Å²) in [6.45, 7) is 5.52. The van der Waals surface area contributed by atoms with Gasteiger partial charge in [0.25, 0.3) is 0 Å². The molecule has 0 rings (SSSR count). The Morgan fingerprint density at radius 3 is 1.61 bits per heavy atom. The van der Waals surface area contributed by atoms with Crippen molar-refractivity contribution in [2.24, 2.45) is 5.41 Å². The van der Waals surface area contributed by atoms with Crippen molar-refractivity contribution in [3.05, 3.63) is 0 Å². The number of carbonyl (C=O) groups excluding carboxylic acids is 2. The van der Waals surface area contributed by atoms with Gasteiger partial charge in [0, 0.05) is 5.33 Å². The summed E-state index contributed by atoms with van der Waals surface area (Å²) in [4.78, 5) is 25.0. The van der Waals surface area contributed by atoms with Crippen molar-refractivity contribution in [1.29, 1.82) is 0 Å². The normalized spacial score (nSPS) is 13.1. The first-order valence-corrected chi connectivity index (χ1v) is 12.8. The molecule has 0 amide bonds. The van der Waals surface area contributed by atoms with E-state index in [4.69, 9.17) is 4.74 Å². The fourth-order valence-corrected chi connectivity index (χ4v) is 3.91. The van der Waals surface area contributed by atoms with Gasteiger partial charge in [-0.25, -0.2) is 0 Å². The van der Waals surface area contributed by atoms with Crippen LogP contribution in [0.3, 0.4) is 0 Å². The summed E-state index contributed by atoms with van der Waals surface area (Å²) >= 11 is 2.71. The second-order valence-corrected chi connectivity index (χ2v) is 8.70. The number of hydrogen-bond donors (Lipinski definition) is 0. The Morgan fingerprint density at radius 1 is 0.774 bits per heavy atom. The zero-order chi connectivity index (χ0) is 23.8. The second kappa shape index (κ2) is 16.8. The highest BCUT2D eigenvalue weighted by molar-refractivity contribution is 9.09. The maximum Gasteiger partial charge on any atom is 0.426 e. The third-order valence-electron chi connectivity index (χ3n) is 5.72. The van der Waals surface area contributed by atoms with E-state index in [1.807, 2.05) is 0 Å². The zero-order valence-corrected chi connectivity index (χ0v) is 20.9. The Labute approximate surface area is 194 Å². The molecule has 0 aromatic rings. The summed E-state index contributed by atoms with van der Waals surface area (Å²) in [5.41, 5.74) is -1.70. The first-order chi connectivity index (χ1) is 14.7. The summed E-state index contributed by atoms with van der Waals surface area (Å²) in [5, 5.41) is -0.584. The quantitative estimate of drug-likeness (QED) is 0.0817. The van der Waals surface area contributed by atoms with Gasteiger partial charge in [0.2, 0.25) is 6.10 Å². The van der Waals surface area contributed by atoms with Crippen LogP contribution in [0.1, 0.15) is 104 Å². The number of rotatable bonds is 18. The Hall–Kier alpha value is -0.790. The highest BCUT2D eigenvalue weighted by atomic mass is 79.9. The van der Waals surface area contributed by atoms with Gasteiger partial charge in [0.1, 0.15) is 0 Å². The van der Waals surface area contributed by atoms with E-state index in [9.17, 15) is 22.8 Å². The van der Waals surface area contributed by atoms with Crippen molar-refractivity contribution in [1.82, 2.24) is 0 Å². The summed E-state index contributed by atoms with van der Waals surface area (Å²) < 4.78 is 48.7. The number of alkyl halides is 4. The van der Waals surface area contributed by atoms with Crippen molar-refractivity contribution < 1.29 is 32.2 Å². The van der Waals surface area contributed by atoms with E-state index >= 15 is 0 Å². The maximum atomic E-state index is 12.9. The van der Waals surface area contributed by atoms with Crippen LogP contribution in [0, 0.1) is 5.41 Å². The monoisotopic (exact) mass is 516 g/mol. The number of ether oxygens (including phenoxy) is 2. The minimum absolute atomic E-state index is 0.0201. The predicted octanol–water partition coefficient (Wildman–Crippen LogP) is 7.52. The molecule has 0 saturated heterocycles. The lowest BCUT2D eigenvalue weighted by atomic mass is 9.82. The summed E-state index contributed by atoms with van der Waals surface area (Å²) in [6.07, 6.45) is 5.78. The number of unbranched alkanes of at least 4 members (excludes halogenated alkanes) is 10. The van der Waals surface area contributed by atoms with Crippen molar-refractivity contribution in [2.45, 2.75) is 117 Å².